The van der Waals surface area contributed by atoms with Crippen molar-refractivity contribution in [2.24, 2.45) is 5.92 Å². The largest absolute Gasteiger partial charge is 0.350 e. The van der Waals surface area contributed by atoms with Crippen molar-refractivity contribution in [3.63, 3.8) is 0 Å². The molecule has 14 heavy (non-hydrogen) atoms. The molecule has 0 radical (unpaired) electrons. The number of nitriles is 1. The minimum absolute atomic E-state index is 0.109. The van der Waals surface area contributed by atoms with Gasteiger partial charge in [0.05, 0.1) is 19.3 Å². The second-order valence-electron chi connectivity index (χ2n) is 4.03. The average molecular weight is 218 g/mol. The van der Waals surface area contributed by atoms with Gasteiger partial charge in [-0.15, -0.1) is 11.6 Å². The highest BCUT2D eigenvalue weighted by molar-refractivity contribution is 6.23. The third-order valence-electron chi connectivity index (χ3n) is 2.48. The van der Waals surface area contributed by atoms with Crippen LogP contribution in [0.15, 0.2) is 0 Å². The average Bonchev–Trinajstić information content (AvgIpc) is 2.54. The molecule has 0 amide bonds. The monoisotopic (exact) mass is 217 g/mol. The smallest absolute Gasteiger partial charge is 0.158 e. The molecule has 1 fully saturated rings. The molecule has 0 aromatic rings. The van der Waals surface area contributed by atoms with E-state index in [2.05, 4.69) is 6.07 Å². The first kappa shape index (κ1) is 11.8. The SMILES string of the molecule is CC(C)(Cl)[C@@H](CC#N)CC1OCCO1. The summed E-state index contributed by atoms with van der Waals surface area (Å²) in [4.78, 5) is -0.384. The van der Waals surface area contributed by atoms with Gasteiger partial charge in [0.15, 0.2) is 6.29 Å². The zero-order valence-electron chi connectivity index (χ0n) is 8.62. The van der Waals surface area contributed by atoms with E-state index in [0.717, 1.165) is 0 Å². The van der Waals surface area contributed by atoms with Crippen molar-refractivity contribution in [1.29, 1.82) is 5.26 Å². The molecule has 1 atom stereocenters. The second kappa shape index (κ2) is 4.97. The van der Waals surface area contributed by atoms with Gasteiger partial charge in [0, 0.05) is 17.7 Å². The lowest BCUT2D eigenvalue weighted by atomic mass is 9.89. The van der Waals surface area contributed by atoms with E-state index in [-0.39, 0.29) is 17.1 Å². The summed E-state index contributed by atoms with van der Waals surface area (Å²) in [5.74, 6) is 0.109. The van der Waals surface area contributed by atoms with E-state index >= 15 is 0 Å². The van der Waals surface area contributed by atoms with Crippen molar-refractivity contribution in [2.45, 2.75) is 37.9 Å². The zero-order chi connectivity index (χ0) is 10.6. The van der Waals surface area contributed by atoms with Gasteiger partial charge in [-0.3, -0.25) is 0 Å². The van der Waals surface area contributed by atoms with Crippen molar-refractivity contribution in [1.82, 2.24) is 0 Å². The first-order valence-corrected chi connectivity index (χ1v) is 5.21. The van der Waals surface area contributed by atoms with Gasteiger partial charge < -0.3 is 9.47 Å². The number of hydrogen-bond donors (Lipinski definition) is 0. The highest BCUT2D eigenvalue weighted by Crippen LogP contribution is 2.32. The summed E-state index contributed by atoms with van der Waals surface area (Å²) >= 11 is 6.19. The fourth-order valence-corrected chi connectivity index (χ4v) is 1.66. The Morgan fingerprint density at radius 3 is 2.50 bits per heavy atom. The molecule has 80 valence electrons. The molecule has 0 spiro atoms. The number of hydrogen-bond acceptors (Lipinski definition) is 3. The van der Waals surface area contributed by atoms with Gasteiger partial charge in [0.25, 0.3) is 0 Å². The predicted octanol–water partition coefficient (Wildman–Crippen LogP) is 2.30. The Morgan fingerprint density at radius 1 is 1.50 bits per heavy atom. The zero-order valence-corrected chi connectivity index (χ0v) is 9.38. The van der Waals surface area contributed by atoms with Gasteiger partial charge in [0.2, 0.25) is 0 Å². The molecule has 3 nitrogen and oxygen atoms in total. The molecule has 1 aliphatic heterocycles. The van der Waals surface area contributed by atoms with Crippen LogP contribution in [0.2, 0.25) is 0 Å². The molecule has 0 unspecified atom stereocenters. The standard InChI is InChI=1S/C10H16ClNO2/c1-10(2,11)8(3-4-12)7-9-13-5-6-14-9/h8-9H,3,5-7H2,1-2H3/t8-/m0/s1. The van der Waals surface area contributed by atoms with E-state index in [9.17, 15) is 0 Å². The fraction of sp³-hybridized carbons (Fsp3) is 0.900. The Kier molecular flexibility index (Phi) is 4.18. The molecule has 0 saturated carbocycles. The molecule has 0 bridgehead atoms. The van der Waals surface area contributed by atoms with Crippen molar-refractivity contribution in [3.05, 3.63) is 0 Å². The second-order valence-corrected chi connectivity index (χ2v) is 5.00. The molecule has 0 aromatic heterocycles. The van der Waals surface area contributed by atoms with Gasteiger partial charge in [-0.05, 0) is 19.8 Å². The van der Waals surface area contributed by atoms with E-state index in [1.165, 1.54) is 0 Å². The van der Waals surface area contributed by atoms with Crippen molar-refractivity contribution in [3.8, 4) is 6.07 Å². The summed E-state index contributed by atoms with van der Waals surface area (Å²) in [6, 6.07) is 2.15. The summed E-state index contributed by atoms with van der Waals surface area (Å²) in [5, 5.41) is 8.68. The van der Waals surface area contributed by atoms with Crippen molar-refractivity contribution < 1.29 is 9.47 Å². The number of nitrogens with zero attached hydrogens (tertiary/aromatic N) is 1. The number of alkyl halides is 1. The summed E-state index contributed by atoms with van der Waals surface area (Å²) in [6.07, 6.45) is 0.968. The first-order chi connectivity index (χ1) is 6.54. The number of rotatable bonds is 4. The topological polar surface area (TPSA) is 42.2 Å². The van der Waals surface area contributed by atoms with Crippen LogP contribution >= 0.6 is 11.6 Å². The van der Waals surface area contributed by atoms with Crippen LogP contribution < -0.4 is 0 Å². The molecule has 0 N–H and O–H groups in total. The van der Waals surface area contributed by atoms with E-state index in [1.54, 1.807) is 0 Å². The molecule has 1 heterocycles. The van der Waals surface area contributed by atoms with Gasteiger partial charge in [-0.2, -0.15) is 5.26 Å². The Morgan fingerprint density at radius 2 is 2.07 bits per heavy atom. The molecule has 4 heteroatoms. The van der Waals surface area contributed by atoms with E-state index < -0.39 is 0 Å². The van der Waals surface area contributed by atoms with Gasteiger partial charge in [-0.1, -0.05) is 0 Å². The van der Waals surface area contributed by atoms with Crippen LogP contribution in [0.1, 0.15) is 26.7 Å². The minimum atomic E-state index is -0.384. The maximum atomic E-state index is 8.68. The highest BCUT2D eigenvalue weighted by Gasteiger charge is 2.31. The van der Waals surface area contributed by atoms with Crippen LogP contribution in [0.3, 0.4) is 0 Å². The van der Waals surface area contributed by atoms with Gasteiger partial charge in [0.1, 0.15) is 0 Å². The van der Waals surface area contributed by atoms with Crippen LogP contribution in [0.5, 0.6) is 0 Å². The molecular weight excluding hydrogens is 202 g/mol. The Hall–Kier alpha value is -0.300. The van der Waals surface area contributed by atoms with Crippen LogP contribution in [0.4, 0.5) is 0 Å². The predicted molar refractivity (Wildman–Crippen MR) is 54.0 cm³/mol. The summed E-state index contributed by atoms with van der Waals surface area (Å²) < 4.78 is 10.7. The summed E-state index contributed by atoms with van der Waals surface area (Å²) in [6.45, 7) is 5.14. The van der Waals surface area contributed by atoms with Crippen LogP contribution in [0.25, 0.3) is 0 Å². The Balaban J connectivity index is 2.47. The lowest BCUT2D eigenvalue weighted by molar-refractivity contribution is -0.0591. The van der Waals surface area contributed by atoms with Crippen LogP contribution in [0, 0.1) is 17.2 Å². The fourth-order valence-electron chi connectivity index (χ4n) is 1.49. The van der Waals surface area contributed by atoms with Crippen molar-refractivity contribution in [2.75, 3.05) is 13.2 Å². The van der Waals surface area contributed by atoms with E-state index in [4.69, 9.17) is 26.3 Å². The summed E-state index contributed by atoms with van der Waals surface area (Å²) in [5.41, 5.74) is 0. The Bertz CT molecular complexity index is 213. The maximum absolute atomic E-state index is 8.68. The lowest BCUT2D eigenvalue weighted by Crippen LogP contribution is -2.28. The van der Waals surface area contributed by atoms with Crippen LogP contribution in [-0.2, 0) is 9.47 Å². The first-order valence-electron chi connectivity index (χ1n) is 4.83. The molecule has 1 rings (SSSR count). The Labute approximate surface area is 89.9 Å². The van der Waals surface area contributed by atoms with Gasteiger partial charge >= 0.3 is 0 Å². The molecule has 1 saturated heterocycles. The van der Waals surface area contributed by atoms with Gasteiger partial charge in [-0.25, -0.2) is 0 Å². The van der Waals surface area contributed by atoms with E-state index in [0.29, 0.717) is 26.1 Å². The highest BCUT2D eigenvalue weighted by atomic mass is 35.5. The lowest BCUT2D eigenvalue weighted by Gasteiger charge is -2.27. The molecule has 0 aliphatic carbocycles. The third-order valence-corrected chi connectivity index (χ3v) is 2.78. The number of ether oxygens (including phenoxy) is 2. The summed E-state index contributed by atoms with van der Waals surface area (Å²) in [7, 11) is 0. The molecule has 1 aliphatic rings. The number of halogens is 1. The normalized spacial score (nSPS) is 20.7. The minimum Gasteiger partial charge on any atom is -0.350 e. The third kappa shape index (κ3) is 3.45. The van der Waals surface area contributed by atoms with E-state index in [1.807, 2.05) is 13.8 Å². The molecule has 0 aromatic carbocycles. The molecular formula is C10H16ClNO2. The van der Waals surface area contributed by atoms with Crippen LogP contribution in [-0.4, -0.2) is 24.4 Å². The maximum Gasteiger partial charge on any atom is 0.158 e. The quantitative estimate of drug-likeness (QED) is 0.679. The van der Waals surface area contributed by atoms with Crippen molar-refractivity contribution >= 4 is 11.6 Å².